The fourth-order valence-corrected chi connectivity index (χ4v) is 1.33. The van der Waals surface area contributed by atoms with Crippen LogP contribution in [-0.2, 0) is 0 Å². The van der Waals surface area contributed by atoms with Crippen LogP contribution in [0.5, 0.6) is 5.75 Å². The standard InChI is InChI=1S/C10H12N4O/c1-6-12-10(14-13-6)8-4-3-7(15-2)5-9(8)11/h3-5H,11H2,1-2H3,(H,12,13,14). The second-order valence-corrected chi connectivity index (χ2v) is 3.20. The van der Waals surface area contributed by atoms with Gasteiger partial charge in [-0.2, -0.15) is 5.10 Å². The van der Waals surface area contributed by atoms with Gasteiger partial charge in [-0.15, -0.1) is 0 Å². The quantitative estimate of drug-likeness (QED) is 0.724. The summed E-state index contributed by atoms with van der Waals surface area (Å²) in [5.74, 6) is 2.09. The Kier molecular flexibility index (Phi) is 2.29. The van der Waals surface area contributed by atoms with Crippen molar-refractivity contribution >= 4 is 5.69 Å². The van der Waals surface area contributed by atoms with Crippen LogP contribution in [0.1, 0.15) is 5.82 Å². The van der Waals surface area contributed by atoms with Crippen LogP contribution in [-0.4, -0.2) is 22.3 Å². The lowest BCUT2D eigenvalue weighted by atomic mass is 10.1. The van der Waals surface area contributed by atoms with E-state index < -0.39 is 0 Å². The molecule has 15 heavy (non-hydrogen) atoms. The van der Waals surface area contributed by atoms with E-state index in [9.17, 15) is 0 Å². The Labute approximate surface area is 87.3 Å². The topological polar surface area (TPSA) is 76.8 Å². The van der Waals surface area contributed by atoms with Crippen LogP contribution >= 0.6 is 0 Å². The summed E-state index contributed by atoms with van der Waals surface area (Å²) in [4.78, 5) is 4.21. The Morgan fingerprint density at radius 2 is 2.20 bits per heavy atom. The molecule has 5 nitrogen and oxygen atoms in total. The van der Waals surface area contributed by atoms with Crippen LogP contribution in [0.3, 0.4) is 0 Å². The number of nitrogens with one attached hydrogen (secondary N) is 1. The van der Waals surface area contributed by atoms with Crippen molar-refractivity contribution in [2.24, 2.45) is 0 Å². The Balaban J connectivity index is 2.45. The highest BCUT2D eigenvalue weighted by Gasteiger charge is 2.08. The zero-order chi connectivity index (χ0) is 10.8. The third kappa shape index (κ3) is 1.76. The maximum absolute atomic E-state index is 5.86. The van der Waals surface area contributed by atoms with Crippen LogP contribution < -0.4 is 10.5 Å². The van der Waals surface area contributed by atoms with Gasteiger partial charge in [0, 0.05) is 17.3 Å². The number of aryl methyl sites for hydroxylation is 1. The van der Waals surface area contributed by atoms with Gasteiger partial charge in [0.1, 0.15) is 11.6 Å². The smallest absolute Gasteiger partial charge is 0.183 e. The molecule has 0 bridgehead atoms. The van der Waals surface area contributed by atoms with Gasteiger partial charge in [-0.05, 0) is 19.1 Å². The summed E-state index contributed by atoms with van der Waals surface area (Å²) in [5.41, 5.74) is 7.27. The highest BCUT2D eigenvalue weighted by atomic mass is 16.5. The predicted octanol–water partition coefficient (Wildman–Crippen LogP) is 1.37. The van der Waals surface area contributed by atoms with Crippen molar-refractivity contribution in [2.45, 2.75) is 6.92 Å². The summed E-state index contributed by atoms with van der Waals surface area (Å²) in [5, 5.41) is 6.82. The SMILES string of the molecule is COc1ccc(-c2n[nH]c(C)n2)c(N)c1. The number of nitrogens with zero attached hydrogens (tertiary/aromatic N) is 2. The molecular weight excluding hydrogens is 192 g/mol. The van der Waals surface area contributed by atoms with E-state index in [2.05, 4.69) is 15.2 Å². The third-order valence-corrected chi connectivity index (χ3v) is 2.10. The number of H-pyrrole nitrogens is 1. The Morgan fingerprint density at radius 1 is 1.40 bits per heavy atom. The molecular formula is C10H12N4O. The van der Waals surface area contributed by atoms with Gasteiger partial charge in [0.05, 0.1) is 7.11 Å². The lowest BCUT2D eigenvalue weighted by Crippen LogP contribution is -1.93. The molecule has 0 saturated heterocycles. The van der Waals surface area contributed by atoms with Gasteiger partial charge in [0.15, 0.2) is 5.82 Å². The minimum atomic E-state index is 0.604. The van der Waals surface area contributed by atoms with Crippen molar-refractivity contribution < 1.29 is 4.74 Å². The van der Waals surface area contributed by atoms with E-state index in [1.54, 1.807) is 13.2 Å². The molecule has 0 spiro atoms. The minimum Gasteiger partial charge on any atom is -0.497 e. The van der Waals surface area contributed by atoms with E-state index in [-0.39, 0.29) is 0 Å². The number of rotatable bonds is 2. The van der Waals surface area contributed by atoms with Crippen molar-refractivity contribution in [3.05, 3.63) is 24.0 Å². The zero-order valence-electron chi connectivity index (χ0n) is 8.61. The first-order valence-corrected chi connectivity index (χ1v) is 4.53. The van der Waals surface area contributed by atoms with Gasteiger partial charge in [0.2, 0.25) is 0 Å². The van der Waals surface area contributed by atoms with E-state index in [1.807, 2.05) is 19.1 Å². The van der Waals surface area contributed by atoms with E-state index in [0.29, 0.717) is 11.5 Å². The number of nitrogens with two attached hydrogens (primary N) is 1. The lowest BCUT2D eigenvalue weighted by molar-refractivity contribution is 0.415. The normalized spacial score (nSPS) is 10.3. The average Bonchev–Trinajstić information content (AvgIpc) is 2.64. The zero-order valence-corrected chi connectivity index (χ0v) is 8.61. The monoisotopic (exact) mass is 204 g/mol. The maximum Gasteiger partial charge on any atom is 0.183 e. The molecule has 1 aromatic heterocycles. The lowest BCUT2D eigenvalue weighted by Gasteiger charge is -2.04. The van der Waals surface area contributed by atoms with Crippen molar-refractivity contribution in [2.75, 3.05) is 12.8 Å². The average molecular weight is 204 g/mol. The van der Waals surface area contributed by atoms with Crippen LogP contribution in [0.4, 0.5) is 5.69 Å². The summed E-state index contributed by atoms with van der Waals surface area (Å²) in [7, 11) is 1.60. The summed E-state index contributed by atoms with van der Waals surface area (Å²) in [6.07, 6.45) is 0. The number of aromatic amines is 1. The fraction of sp³-hybridized carbons (Fsp3) is 0.200. The molecule has 0 saturated carbocycles. The molecule has 2 aromatic rings. The molecule has 3 N–H and O–H groups in total. The predicted molar refractivity (Wildman–Crippen MR) is 57.5 cm³/mol. The highest BCUT2D eigenvalue weighted by molar-refractivity contribution is 5.72. The van der Waals surface area contributed by atoms with E-state index in [1.165, 1.54) is 0 Å². The Morgan fingerprint density at radius 3 is 2.73 bits per heavy atom. The molecule has 1 aromatic carbocycles. The number of hydrogen-bond donors (Lipinski definition) is 2. The van der Waals surface area contributed by atoms with E-state index >= 15 is 0 Å². The Bertz CT molecular complexity index is 478. The fourth-order valence-electron chi connectivity index (χ4n) is 1.33. The maximum atomic E-state index is 5.86. The van der Waals surface area contributed by atoms with Crippen LogP contribution in [0.2, 0.25) is 0 Å². The number of anilines is 1. The summed E-state index contributed by atoms with van der Waals surface area (Å²) in [6.45, 7) is 1.84. The summed E-state index contributed by atoms with van der Waals surface area (Å²) < 4.78 is 5.06. The van der Waals surface area contributed by atoms with Crippen molar-refractivity contribution in [1.82, 2.24) is 15.2 Å². The Hall–Kier alpha value is -2.04. The van der Waals surface area contributed by atoms with Crippen LogP contribution in [0, 0.1) is 6.92 Å². The number of benzene rings is 1. The van der Waals surface area contributed by atoms with Crippen molar-refractivity contribution in [1.29, 1.82) is 0 Å². The second-order valence-electron chi connectivity index (χ2n) is 3.20. The molecule has 0 unspecified atom stereocenters. The highest BCUT2D eigenvalue weighted by Crippen LogP contribution is 2.26. The summed E-state index contributed by atoms with van der Waals surface area (Å²) in [6, 6.07) is 5.43. The number of hydrogen-bond acceptors (Lipinski definition) is 4. The van der Waals surface area contributed by atoms with Gasteiger partial charge >= 0.3 is 0 Å². The molecule has 0 radical (unpaired) electrons. The molecule has 0 fully saturated rings. The minimum absolute atomic E-state index is 0.604. The van der Waals surface area contributed by atoms with Gasteiger partial charge in [0.25, 0.3) is 0 Å². The van der Waals surface area contributed by atoms with Gasteiger partial charge in [-0.1, -0.05) is 0 Å². The molecule has 5 heteroatoms. The first-order chi connectivity index (χ1) is 7.20. The van der Waals surface area contributed by atoms with Crippen molar-refractivity contribution in [3.8, 4) is 17.1 Å². The number of ether oxygens (including phenoxy) is 1. The molecule has 0 aliphatic rings. The summed E-state index contributed by atoms with van der Waals surface area (Å²) >= 11 is 0. The second kappa shape index (κ2) is 3.61. The van der Waals surface area contributed by atoms with E-state index in [4.69, 9.17) is 10.5 Å². The molecule has 0 atom stereocenters. The number of methoxy groups -OCH3 is 1. The number of aromatic nitrogens is 3. The first-order valence-electron chi connectivity index (χ1n) is 4.53. The first kappa shape index (κ1) is 9.51. The molecule has 0 aliphatic heterocycles. The largest absolute Gasteiger partial charge is 0.497 e. The van der Waals surface area contributed by atoms with Gasteiger partial charge < -0.3 is 10.5 Å². The van der Waals surface area contributed by atoms with Gasteiger partial charge in [-0.3, -0.25) is 5.10 Å². The molecule has 0 aliphatic carbocycles. The van der Waals surface area contributed by atoms with Crippen LogP contribution in [0.25, 0.3) is 11.4 Å². The van der Waals surface area contributed by atoms with Crippen molar-refractivity contribution in [3.63, 3.8) is 0 Å². The van der Waals surface area contributed by atoms with E-state index in [0.717, 1.165) is 17.1 Å². The molecule has 0 amide bonds. The molecule has 78 valence electrons. The molecule has 1 heterocycles. The third-order valence-electron chi connectivity index (χ3n) is 2.10. The van der Waals surface area contributed by atoms with Gasteiger partial charge in [-0.25, -0.2) is 4.98 Å². The number of nitrogen functional groups attached to an aromatic ring is 1. The van der Waals surface area contributed by atoms with Crippen LogP contribution in [0.15, 0.2) is 18.2 Å². The molecule has 2 rings (SSSR count).